The molecule has 1 aromatic carbocycles. The Morgan fingerprint density at radius 2 is 2.12 bits per heavy atom. The van der Waals surface area contributed by atoms with Crippen LogP contribution in [-0.4, -0.2) is 46.9 Å². The molecule has 0 aliphatic rings. The van der Waals surface area contributed by atoms with E-state index in [4.69, 9.17) is 32.0 Å². The maximum Gasteiger partial charge on any atom is 0.328 e. The van der Waals surface area contributed by atoms with Gasteiger partial charge < -0.3 is 21.5 Å². The Labute approximate surface area is 145 Å². The fourth-order valence-corrected chi connectivity index (χ4v) is 2.04. The summed E-state index contributed by atoms with van der Waals surface area (Å²) in [6, 6.07) is 6.24. The maximum atomic E-state index is 12.0. The third-order valence-electron chi connectivity index (χ3n) is 3.24. The van der Waals surface area contributed by atoms with Crippen molar-refractivity contribution in [3.05, 3.63) is 29.8 Å². The molecular formula is C15H25N5O5. The highest BCUT2D eigenvalue weighted by Gasteiger charge is 2.15. The van der Waals surface area contributed by atoms with Crippen molar-refractivity contribution in [1.29, 1.82) is 5.41 Å². The molecule has 1 unspecified atom stereocenters. The molecule has 0 aliphatic carbocycles. The fourth-order valence-electron chi connectivity index (χ4n) is 2.04. The van der Waals surface area contributed by atoms with Crippen LogP contribution in [0.1, 0.15) is 24.8 Å². The lowest BCUT2D eigenvalue weighted by Gasteiger charge is -2.12. The van der Waals surface area contributed by atoms with Gasteiger partial charge in [0.15, 0.2) is 5.96 Å². The van der Waals surface area contributed by atoms with Gasteiger partial charge in [0.25, 0.3) is 0 Å². The summed E-state index contributed by atoms with van der Waals surface area (Å²) in [6.07, 6.45) is 2.16. The average Bonchev–Trinajstić information content (AvgIpc) is 2.55. The van der Waals surface area contributed by atoms with Crippen LogP contribution in [0.3, 0.4) is 0 Å². The van der Waals surface area contributed by atoms with Gasteiger partial charge in [-0.25, -0.2) is 4.79 Å². The van der Waals surface area contributed by atoms with Crippen molar-refractivity contribution in [2.45, 2.75) is 31.7 Å². The predicted molar refractivity (Wildman–Crippen MR) is 88.9 cm³/mol. The summed E-state index contributed by atoms with van der Waals surface area (Å²) in [5.41, 5.74) is 11.9. The van der Waals surface area contributed by atoms with Crippen molar-refractivity contribution in [2.75, 3.05) is 13.2 Å². The van der Waals surface area contributed by atoms with Crippen LogP contribution in [0, 0.1) is 5.41 Å². The molecule has 0 aromatic heterocycles. The highest BCUT2D eigenvalue weighted by Crippen LogP contribution is 2.15. The molecule has 10 nitrogen and oxygen atoms in total. The Morgan fingerprint density at radius 1 is 1.36 bits per heavy atom. The predicted octanol–water partition coefficient (Wildman–Crippen LogP) is 0.127. The van der Waals surface area contributed by atoms with E-state index in [9.17, 15) is 4.79 Å². The second-order valence-corrected chi connectivity index (χ2v) is 5.35. The van der Waals surface area contributed by atoms with Crippen LogP contribution in [0.2, 0.25) is 0 Å². The van der Waals surface area contributed by atoms with Gasteiger partial charge in [-0.2, -0.15) is 0 Å². The van der Waals surface area contributed by atoms with E-state index >= 15 is 0 Å². The van der Waals surface area contributed by atoms with Gasteiger partial charge >= 0.3 is 5.97 Å². The third-order valence-corrected chi connectivity index (χ3v) is 3.24. The zero-order valence-corrected chi connectivity index (χ0v) is 13.9. The summed E-state index contributed by atoms with van der Waals surface area (Å²) in [6.45, 7) is 0.600. The minimum atomic E-state index is -0.758. The summed E-state index contributed by atoms with van der Waals surface area (Å²) in [5.74, 6) is -0.254. The number of carbonyl (C=O) groups is 1. The summed E-state index contributed by atoms with van der Waals surface area (Å²) < 4.78 is 5.27. The van der Waals surface area contributed by atoms with Gasteiger partial charge in [-0.15, -0.1) is 0 Å². The summed E-state index contributed by atoms with van der Waals surface area (Å²) in [7, 11) is 0. The number of guanidine groups is 1. The second-order valence-electron chi connectivity index (χ2n) is 5.35. The van der Waals surface area contributed by atoms with Gasteiger partial charge in [-0.1, -0.05) is 12.1 Å². The molecule has 0 amide bonds. The molecule has 1 atom stereocenters. The molecule has 0 radical (unpaired) electrons. The smallest absolute Gasteiger partial charge is 0.328 e. The van der Waals surface area contributed by atoms with E-state index in [-0.39, 0.29) is 18.0 Å². The van der Waals surface area contributed by atoms with Gasteiger partial charge in [-0.3, -0.25) is 20.7 Å². The first-order chi connectivity index (χ1) is 11.9. The Morgan fingerprint density at radius 3 is 2.80 bits per heavy atom. The number of nitrogens with zero attached hydrogens (tertiary/aromatic N) is 1. The van der Waals surface area contributed by atoms with E-state index < -0.39 is 12.0 Å². The number of benzene rings is 1. The van der Waals surface area contributed by atoms with Gasteiger partial charge in [0.05, 0.1) is 12.0 Å². The normalized spacial score (nSPS) is 12.0. The van der Waals surface area contributed by atoms with Crippen molar-refractivity contribution in [3.8, 4) is 5.75 Å². The van der Waals surface area contributed by atoms with Crippen LogP contribution >= 0.6 is 0 Å². The highest BCUT2D eigenvalue weighted by molar-refractivity contribution is 5.78. The lowest BCUT2D eigenvalue weighted by atomic mass is 10.1. The van der Waals surface area contributed by atoms with Crippen LogP contribution < -0.4 is 21.5 Å². The van der Waals surface area contributed by atoms with E-state index in [1.807, 2.05) is 6.07 Å². The number of rotatable bonds is 11. The molecule has 25 heavy (non-hydrogen) atoms. The first kappa shape index (κ1) is 20.8. The standard InChI is InChI=1S/C15H25N5O5/c16-13(7-2-8-19-15(17)18)14(21)25-12-6-1-4-11(10-12)5-3-9-24-20(22)23/h1,4,6,10,13,22-23H,2-3,5,7-9,16H2,(H4,17,18,19). The second kappa shape index (κ2) is 11.3. The van der Waals surface area contributed by atoms with Crippen molar-refractivity contribution in [2.24, 2.45) is 11.5 Å². The molecule has 0 heterocycles. The van der Waals surface area contributed by atoms with Gasteiger partial charge in [0, 0.05) is 6.54 Å². The molecule has 10 heteroatoms. The van der Waals surface area contributed by atoms with Crippen molar-refractivity contribution in [3.63, 3.8) is 0 Å². The lowest BCUT2D eigenvalue weighted by Crippen LogP contribution is -2.36. The minimum Gasteiger partial charge on any atom is -0.425 e. The number of nitrogens with two attached hydrogens (primary N) is 2. The third kappa shape index (κ3) is 9.59. The monoisotopic (exact) mass is 355 g/mol. The molecule has 1 aromatic rings. The number of hydrogen-bond donors (Lipinski definition) is 6. The molecule has 0 saturated carbocycles. The summed E-state index contributed by atoms with van der Waals surface area (Å²) >= 11 is 0. The van der Waals surface area contributed by atoms with Crippen LogP contribution in [0.4, 0.5) is 0 Å². The Kier molecular flexibility index (Phi) is 9.43. The number of nitrogens with one attached hydrogen (secondary N) is 2. The lowest BCUT2D eigenvalue weighted by molar-refractivity contribution is -0.492. The molecule has 0 fully saturated rings. The van der Waals surface area contributed by atoms with E-state index in [1.54, 1.807) is 18.2 Å². The molecule has 140 valence electrons. The zero-order chi connectivity index (χ0) is 18.7. The Hall–Kier alpha value is -2.24. The Bertz CT molecular complexity index is 555. The van der Waals surface area contributed by atoms with Crippen LogP contribution in [0.5, 0.6) is 5.75 Å². The molecule has 0 saturated heterocycles. The van der Waals surface area contributed by atoms with Gasteiger partial charge in [-0.05, 0) is 43.4 Å². The minimum absolute atomic E-state index is 0.121. The summed E-state index contributed by atoms with van der Waals surface area (Å²) in [5, 5.41) is 26.2. The highest BCUT2D eigenvalue weighted by atomic mass is 17.1. The largest absolute Gasteiger partial charge is 0.425 e. The summed E-state index contributed by atoms with van der Waals surface area (Å²) in [4.78, 5) is 16.4. The SMILES string of the molecule is N=C(N)NCCCC(N)C(=O)Oc1cccc(CCCON(O)O)c1. The number of ether oxygens (including phenoxy) is 1. The fraction of sp³-hybridized carbons (Fsp3) is 0.467. The molecule has 0 aliphatic heterocycles. The van der Waals surface area contributed by atoms with Gasteiger partial charge in [0.1, 0.15) is 11.8 Å². The quantitative estimate of drug-likeness (QED) is 0.0807. The Balaban J connectivity index is 2.38. The van der Waals surface area contributed by atoms with Gasteiger partial charge in [0.2, 0.25) is 0 Å². The van der Waals surface area contributed by atoms with Crippen molar-refractivity contribution < 1.29 is 24.8 Å². The average molecular weight is 355 g/mol. The number of carbonyl (C=O) groups excluding carboxylic acids is 1. The topological polar surface area (TPSA) is 167 Å². The van der Waals surface area contributed by atoms with Crippen LogP contribution in [-0.2, 0) is 16.1 Å². The van der Waals surface area contributed by atoms with Crippen LogP contribution in [0.15, 0.2) is 24.3 Å². The molecule has 8 N–H and O–H groups in total. The number of hydrogen-bond acceptors (Lipinski definition) is 8. The number of esters is 1. The van der Waals surface area contributed by atoms with E-state index in [0.717, 1.165) is 5.56 Å². The van der Waals surface area contributed by atoms with E-state index in [1.165, 1.54) is 0 Å². The maximum absolute atomic E-state index is 12.0. The number of aryl methyl sites for hydroxylation is 1. The van der Waals surface area contributed by atoms with Crippen LogP contribution in [0.25, 0.3) is 0 Å². The van der Waals surface area contributed by atoms with E-state index in [2.05, 4.69) is 10.2 Å². The molecular weight excluding hydrogens is 330 g/mol. The zero-order valence-electron chi connectivity index (χ0n) is 13.9. The van der Waals surface area contributed by atoms with Crippen molar-refractivity contribution in [1.82, 2.24) is 10.7 Å². The molecule has 0 spiro atoms. The van der Waals surface area contributed by atoms with Crippen molar-refractivity contribution >= 4 is 11.9 Å². The first-order valence-electron chi connectivity index (χ1n) is 7.83. The van der Waals surface area contributed by atoms with E-state index in [0.29, 0.717) is 38.0 Å². The first-order valence-corrected chi connectivity index (χ1v) is 7.83. The molecule has 0 bridgehead atoms. The molecule has 1 rings (SSSR count).